The molecule has 1 amide bonds. The first kappa shape index (κ1) is 21.2. The zero-order chi connectivity index (χ0) is 20.9. The molecule has 3 heterocycles. The summed E-state index contributed by atoms with van der Waals surface area (Å²) in [5.41, 5.74) is 3.56. The van der Waals surface area contributed by atoms with Gasteiger partial charge in [0.2, 0.25) is 0 Å². The van der Waals surface area contributed by atoms with E-state index in [0.717, 1.165) is 45.4 Å². The second-order valence-corrected chi connectivity index (χ2v) is 8.21. The van der Waals surface area contributed by atoms with Gasteiger partial charge in [0.25, 0.3) is 5.91 Å². The molecule has 1 saturated heterocycles. The van der Waals surface area contributed by atoms with Gasteiger partial charge in [-0.15, -0.1) is 12.3 Å². The molecule has 6 heteroatoms. The summed E-state index contributed by atoms with van der Waals surface area (Å²) < 4.78 is 0.885. The van der Waals surface area contributed by atoms with E-state index in [1.54, 1.807) is 6.20 Å². The first-order valence-electron chi connectivity index (χ1n) is 9.62. The van der Waals surface area contributed by atoms with Crippen molar-refractivity contribution in [2.24, 2.45) is 0 Å². The molecular weight excluding hydrogens is 475 g/mol. The van der Waals surface area contributed by atoms with E-state index in [-0.39, 0.29) is 5.91 Å². The van der Waals surface area contributed by atoms with Crippen LogP contribution in [0.25, 0.3) is 5.57 Å². The third-order valence-electron chi connectivity index (χ3n) is 5.38. The fourth-order valence-electron chi connectivity index (χ4n) is 3.78. The minimum absolute atomic E-state index is 0.124. The van der Waals surface area contributed by atoms with Gasteiger partial charge in [0.1, 0.15) is 5.54 Å². The maximum Gasteiger partial charge on any atom is 0.253 e. The Kier molecular flexibility index (Phi) is 6.80. The molecule has 1 spiro atoms. The number of aromatic nitrogens is 2. The summed E-state index contributed by atoms with van der Waals surface area (Å²) in [6, 6.07) is 0. The van der Waals surface area contributed by atoms with Crippen molar-refractivity contribution in [3.8, 4) is 12.3 Å². The lowest BCUT2D eigenvalue weighted by Gasteiger charge is -2.35. The van der Waals surface area contributed by atoms with Crippen LogP contribution in [0.4, 0.5) is 0 Å². The van der Waals surface area contributed by atoms with E-state index in [0.29, 0.717) is 13.0 Å². The van der Waals surface area contributed by atoms with Crippen LogP contribution in [0.2, 0.25) is 0 Å². The summed E-state index contributed by atoms with van der Waals surface area (Å²) >= 11 is 2.23. The van der Waals surface area contributed by atoms with E-state index < -0.39 is 5.54 Å². The molecule has 0 radical (unpaired) electrons. The number of nitrogens with one attached hydrogen (secondary N) is 2. The van der Waals surface area contributed by atoms with Gasteiger partial charge < -0.3 is 10.2 Å². The normalized spacial score (nSPS) is 23.1. The van der Waals surface area contributed by atoms with Gasteiger partial charge in [0.05, 0.1) is 9.90 Å². The van der Waals surface area contributed by atoms with Crippen LogP contribution in [0, 0.1) is 12.3 Å². The highest BCUT2D eigenvalue weighted by molar-refractivity contribution is 14.1. The SMILES string of the molecule is C#CC/C(=C\C=C(/I)N1CCC2(CCC(C=C)=C(/C=C\C)N2)C1=O)c1cn[nH]c1. The van der Waals surface area contributed by atoms with Gasteiger partial charge in [0.15, 0.2) is 0 Å². The van der Waals surface area contributed by atoms with Crippen LogP contribution >= 0.6 is 22.6 Å². The number of hydrogen-bond donors (Lipinski definition) is 2. The maximum atomic E-state index is 13.3. The quantitative estimate of drug-likeness (QED) is 0.263. The average Bonchev–Trinajstić information content (AvgIpc) is 3.35. The highest BCUT2D eigenvalue weighted by atomic mass is 127. The highest BCUT2D eigenvalue weighted by Gasteiger charge is 2.48. The molecule has 3 rings (SSSR count). The van der Waals surface area contributed by atoms with Crippen LogP contribution in [-0.4, -0.2) is 33.1 Å². The van der Waals surface area contributed by atoms with Crippen molar-refractivity contribution in [2.45, 2.75) is 38.1 Å². The van der Waals surface area contributed by atoms with Gasteiger partial charge in [-0.3, -0.25) is 9.89 Å². The number of hydrogen-bond acceptors (Lipinski definition) is 3. The lowest BCUT2D eigenvalue weighted by Crippen LogP contribution is -2.52. The van der Waals surface area contributed by atoms with Crippen molar-refractivity contribution < 1.29 is 4.79 Å². The van der Waals surface area contributed by atoms with E-state index in [1.165, 1.54) is 0 Å². The number of H-pyrrole nitrogens is 1. The Bertz CT molecular complexity index is 946. The van der Waals surface area contributed by atoms with E-state index in [9.17, 15) is 4.79 Å². The smallest absolute Gasteiger partial charge is 0.253 e. The van der Waals surface area contributed by atoms with Crippen LogP contribution in [0.15, 0.2) is 64.3 Å². The number of allylic oxidation sites excluding steroid dienone is 7. The predicted octanol–water partition coefficient (Wildman–Crippen LogP) is 4.46. The predicted molar refractivity (Wildman–Crippen MR) is 126 cm³/mol. The molecule has 1 aromatic rings. The molecule has 5 nitrogen and oxygen atoms in total. The van der Waals surface area contributed by atoms with Gasteiger partial charge in [-0.25, -0.2) is 0 Å². The zero-order valence-electron chi connectivity index (χ0n) is 16.5. The molecule has 1 unspecified atom stereocenters. The minimum Gasteiger partial charge on any atom is -0.371 e. The molecule has 0 aromatic carbocycles. The zero-order valence-corrected chi connectivity index (χ0v) is 18.7. The second kappa shape index (κ2) is 9.31. The molecule has 2 N–H and O–H groups in total. The van der Waals surface area contributed by atoms with Crippen molar-refractivity contribution in [2.75, 3.05) is 6.54 Å². The van der Waals surface area contributed by atoms with Crippen molar-refractivity contribution in [3.05, 3.63) is 69.9 Å². The lowest BCUT2D eigenvalue weighted by molar-refractivity contribution is -0.131. The lowest BCUT2D eigenvalue weighted by atomic mass is 9.84. The van der Waals surface area contributed by atoms with Gasteiger partial charge in [-0.1, -0.05) is 24.8 Å². The molecule has 0 bridgehead atoms. The van der Waals surface area contributed by atoms with E-state index >= 15 is 0 Å². The molecular formula is C23H25IN4O. The van der Waals surface area contributed by atoms with Crippen molar-refractivity contribution in [3.63, 3.8) is 0 Å². The van der Waals surface area contributed by atoms with E-state index in [2.05, 4.69) is 50.6 Å². The Labute approximate surface area is 185 Å². The van der Waals surface area contributed by atoms with Gasteiger partial charge >= 0.3 is 0 Å². The maximum absolute atomic E-state index is 13.3. The average molecular weight is 500 g/mol. The number of rotatable bonds is 6. The Hall–Kier alpha value is -2.53. The van der Waals surface area contributed by atoms with Gasteiger partial charge in [-0.2, -0.15) is 5.10 Å². The molecule has 150 valence electrons. The fraction of sp³-hybridized carbons (Fsp3) is 0.304. The molecule has 29 heavy (non-hydrogen) atoms. The second-order valence-electron chi connectivity index (χ2n) is 7.11. The number of amides is 1. The third-order valence-corrected chi connectivity index (χ3v) is 6.32. The van der Waals surface area contributed by atoms with E-state index in [1.807, 2.05) is 48.4 Å². The molecule has 0 saturated carbocycles. The number of carbonyl (C=O) groups is 1. The number of aromatic amines is 1. The molecule has 1 atom stereocenters. The largest absolute Gasteiger partial charge is 0.371 e. The summed E-state index contributed by atoms with van der Waals surface area (Å²) in [6.45, 7) is 6.58. The van der Waals surface area contributed by atoms with Crippen molar-refractivity contribution in [1.82, 2.24) is 20.4 Å². The summed E-state index contributed by atoms with van der Waals surface area (Å²) in [5.74, 6) is 2.80. The Morgan fingerprint density at radius 3 is 2.97 bits per heavy atom. The van der Waals surface area contributed by atoms with Gasteiger partial charge in [0, 0.05) is 30.4 Å². The number of terminal acetylenes is 1. The monoisotopic (exact) mass is 500 g/mol. The third kappa shape index (κ3) is 4.40. The Morgan fingerprint density at radius 1 is 1.48 bits per heavy atom. The summed E-state index contributed by atoms with van der Waals surface area (Å²) in [5, 5.41) is 10.3. The summed E-state index contributed by atoms with van der Waals surface area (Å²) in [4.78, 5) is 15.2. The standard InChI is InChI=1S/C23H25IN4O/c1-4-7-18(19-15-25-26-16-19)9-10-21(24)28-14-13-23(22(28)29)12-11-17(6-3)20(27-23)8-5-2/h1,5-6,8-10,15-16,27H,3,7,11-14H2,2H3,(H,25,26)/b8-5-,18-9+,21-10+. The summed E-state index contributed by atoms with van der Waals surface area (Å²) in [7, 11) is 0. The number of nitrogens with zero attached hydrogens (tertiary/aromatic N) is 2. The minimum atomic E-state index is -0.540. The van der Waals surface area contributed by atoms with Crippen LogP contribution < -0.4 is 5.32 Å². The molecule has 0 aliphatic carbocycles. The van der Waals surface area contributed by atoms with Crippen LogP contribution in [0.3, 0.4) is 0 Å². The number of carbonyl (C=O) groups excluding carboxylic acids is 1. The van der Waals surface area contributed by atoms with Crippen molar-refractivity contribution in [1.29, 1.82) is 0 Å². The Morgan fingerprint density at radius 2 is 2.31 bits per heavy atom. The number of halogens is 1. The molecule has 1 aromatic heterocycles. The highest BCUT2D eigenvalue weighted by Crippen LogP contribution is 2.37. The first-order chi connectivity index (χ1) is 14.0. The topological polar surface area (TPSA) is 61.0 Å². The molecule has 2 aliphatic rings. The van der Waals surface area contributed by atoms with Crippen LogP contribution in [-0.2, 0) is 4.79 Å². The van der Waals surface area contributed by atoms with Crippen LogP contribution in [0.1, 0.15) is 38.2 Å². The van der Waals surface area contributed by atoms with E-state index in [4.69, 9.17) is 6.42 Å². The molecule has 1 fully saturated rings. The van der Waals surface area contributed by atoms with Crippen molar-refractivity contribution >= 4 is 34.1 Å². The fourth-order valence-corrected chi connectivity index (χ4v) is 4.42. The first-order valence-corrected chi connectivity index (χ1v) is 10.7. The summed E-state index contributed by atoms with van der Waals surface area (Å²) in [6.07, 6.45) is 21.8. The Balaban J connectivity index is 1.81. The number of likely N-dealkylation sites (tertiary alicyclic amines) is 1. The molecule has 2 aliphatic heterocycles. The van der Waals surface area contributed by atoms with Gasteiger partial charge in [-0.05, 0) is 72.1 Å². The van der Waals surface area contributed by atoms with Crippen LogP contribution in [0.5, 0.6) is 0 Å².